The van der Waals surface area contributed by atoms with Crippen LogP contribution in [0.2, 0.25) is 0 Å². The highest BCUT2D eigenvalue weighted by atomic mass is 16.5. The number of carbonyl (C=O) groups is 1. The lowest BCUT2D eigenvalue weighted by molar-refractivity contribution is -0.143. The van der Waals surface area contributed by atoms with Crippen LogP contribution < -0.4 is 10.6 Å². The summed E-state index contributed by atoms with van der Waals surface area (Å²) in [7, 11) is 1.38. The van der Waals surface area contributed by atoms with Crippen LogP contribution in [-0.4, -0.2) is 28.3 Å². The lowest BCUT2D eigenvalue weighted by Crippen LogP contribution is -2.40. The van der Waals surface area contributed by atoms with Gasteiger partial charge in [0.05, 0.1) is 18.0 Å². The standard InChI is InChI=1S/C24H27N3O3/c1-16(2)15-20-25-19-14-10-9-13-18(19)21(28)26(20)27-23(3,17-11-7-6-8-12-17)24(27,4)22(29)30-5/h6-14,16H,15H2,1-5H3/t23-,24-,27?/m0/s1. The molecule has 0 N–H and O–H groups in total. The number of para-hydroxylation sites is 1. The summed E-state index contributed by atoms with van der Waals surface area (Å²) in [6.45, 7) is 7.97. The lowest BCUT2D eigenvalue weighted by Gasteiger charge is -2.20. The van der Waals surface area contributed by atoms with E-state index in [-0.39, 0.29) is 17.4 Å². The number of hydrogen-bond acceptors (Lipinski definition) is 5. The van der Waals surface area contributed by atoms with Crippen molar-refractivity contribution in [2.24, 2.45) is 5.92 Å². The van der Waals surface area contributed by atoms with Crippen molar-refractivity contribution in [2.75, 3.05) is 12.1 Å². The number of ether oxygens (including phenoxy) is 1. The molecule has 4 rings (SSSR count). The minimum atomic E-state index is -1.04. The van der Waals surface area contributed by atoms with Crippen molar-refractivity contribution in [1.82, 2.24) is 9.66 Å². The third-order valence-electron chi connectivity index (χ3n) is 6.28. The van der Waals surface area contributed by atoms with E-state index in [1.54, 1.807) is 10.7 Å². The van der Waals surface area contributed by atoms with E-state index in [2.05, 4.69) is 13.8 Å². The minimum Gasteiger partial charge on any atom is -0.467 e. The number of aromatic nitrogens is 2. The van der Waals surface area contributed by atoms with Crippen LogP contribution in [0.1, 0.15) is 39.1 Å². The molecule has 0 unspecified atom stereocenters. The zero-order valence-electron chi connectivity index (χ0n) is 18.0. The van der Waals surface area contributed by atoms with Gasteiger partial charge >= 0.3 is 5.97 Å². The summed E-state index contributed by atoms with van der Waals surface area (Å²) in [5.41, 5.74) is -0.360. The van der Waals surface area contributed by atoms with E-state index in [0.29, 0.717) is 23.1 Å². The quantitative estimate of drug-likeness (QED) is 0.481. The highest BCUT2D eigenvalue weighted by Gasteiger charge is 2.77. The van der Waals surface area contributed by atoms with Crippen molar-refractivity contribution in [1.29, 1.82) is 0 Å². The first kappa shape index (κ1) is 20.1. The molecule has 30 heavy (non-hydrogen) atoms. The highest BCUT2D eigenvalue weighted by Crippen LogP contribution is 2.57. The molecule has 3 aromatic rings. The van der Waals surface area contributed by atoms with Crippen LogP contribution in [0.25, 0.3) is 10.9 Å². The molecule has 2 heterocycles. The highest BCUT2D eigenvalue weighted by molar-refractivity contribution is 5.92. The van der Waals surface area contributed by atoms with E-state index < -0.39 is 11.1 Å². The zero-order valence-corrected chi connectivity index (χ0v) is 18.0. The monoisotopic (exact) mass is 405 g/mol. The molecule has 2 aromatic carbocycles. The van der Waals surface area contributed by atoms with E-state index in [1.807, 2.05) is 67.4 Å². The summed E-state index contributed by atoms with van der Waals surface area (Å²) in [5.74, 6) is 0.546. The largest absolute Gasteiger partial charge is 0.467 e. The summed E-state index contributed by atoms with van der Waals surface area (Å²) in [6.07, 6.45) is 0.610. The lowest BCUT2D eigenvalue weighted by atomic mass is 9.89. The van der Waals surface area contributed by atoms with Crippen LogP contribution >= 0.6 is 0 Å². The first-order valence-corrected chi connectivity index (χ1v) is 10.2. The van der Waals surface area contributed by atoms with Gasteiger partial charge in [0.2, 0.25) is 0 Å². The maximum atomic E-state index is 13.7. The number of carbonyl (C=O) groups excluding carboxylic acids is 1. The smallest absolute Gasteiger partial charge is 0.335 e. The van der Waals surface area contributed by atoms with Gasteiger partial charge in [0.15, 0.2) is 5.54 Å². The third kappa shape index (κ3) is 2.66. The number of hydrogen-bond donors (Lipinski definition) is 0. The SMILES string of the molecule is COC(=O)[C@]1(C)N(n2c(CC(C)C)nc3ccccc3c2=O)[C@@]1(C)c1ccccc1. The van der Waals surface area contributed by atoms with Crippen LogP contribution in [0.4, 0.5) is 0 Å². The molecule has 1 aromatic heterocycles. The number of methoxy groups -OCH3 is 1. The van der Waals surface area contributed by atoms with Gasteiger partial charge in [-0.3, -0.25) is 9.80 Å². The molecule has 1 aliphatic rings. The average Bonchev–Trinajstić information content (AvgIpc) is 3.25. The summed E-state index contributed by atoms with van der Waals surface area (Å²) < 4.78 is 6.78. The predicted molar refractivity (Wildman–Crippen MR) is 117 cm³/mol. The molecule has 1 saturated heterocycles. The molecule has 0 spiro atoms. The Balaban J connectivity index is 2.01. The van der Waals surface area contributed by atoms with Crippen molar-refractivity contribution < 1.29 is 9.53 Å². The Morgan fingerprint density at radius 3 is 2.33 bits per heavy atom. The molecule has 0 bridgehead atoms. The maximum Gasteiger partial charge on any atom is 0.335 e. The van der Waals surface area contributed by atoms with Crippen LogP contribution in [-0.2, 0) is 21.5 Å². The molecule has 6 heteroatoms. The predicted octanol–water partition coefficient (Wildman–Crippen LogP) is 3.39. The maximum absolute atomic E-state index is 13.7. The van der Waals surface area contributed by atoms with Gasteiger partial charge in [-0.15, -0.1) is 0 Å². The summed E-state index contributed by atoms with van der Waals surface area (Å²) in [4.78, 5) is 31.5. The van der Waals surface area contributed by atoms with Gasteiger partial charge in [-0.25, -0.2) is 14.5 Å². The first-order valence-electron chi connectivity index (χ1n) is 10.2. The van der Waals surface area contributed by atoms with Crippen molar-refractivity contribution in [3.63, 3.8) is 0 Å². The summed E-state index contributed by atoms with van der Waals surface area (Å²) in [5, 5.41) is 2.36. The first-order chi connectivity index (χ1) is 14.3. The Labute approximate surface area is 176 Å². The zero-order chi connectivity index (χ0) is 21.7. The molecule has 0 aliphatic carbocycles. The fraction of sp³-hybridized carbons (Fsp3) is 0.375. The van der Waals surface area contributed by atoms with Gasteiger partial charge in [-0.1, -0.05) is 56.3 Å². The van der Waals surface area contributed by atoms with E-state index in [4.69, 9.17) is 9.72 Å². The van der Waals surface area contributed by atoms with Crippen LogP contribution in [0, 0.1) is 5.92 Å². The van der Waals surface area contributed by atoms with Gasteiger partial charge in [0.25, 0.3) is 5.56 Å². The van der Waals surface area contributed by atoms with Gasteiger partial charge in [0.1, 0.15) is 11.4 Å². The molecule has 6 nitrogen and oxygen atoms in total. The average molecular weight is 405 g/mol. The van der Waals surface area contributed by atoms with E-state index in [9.17, 15) is 9.59 Å². The van der Waals surface area contributed by atoms with E-state index in [0.717, 1.165) is 5.56 Å². The molecule has 0 radical (unpaired) electrons. The molecule has 156 valence electrons. The van der Waals surface area contributed by atoms with Gasteiger partial charge in [-0.05, 0) is 37.5 Å². The molecular formula is C24H27N3O3. The Hall–Kier alpha value is -3.15. The normalized spacial score (nSPS) is 23.1. The Bertz CT molecular complexity index is 1170. The second kappa shape index (κ2) is 6.97. The fourth-order valence-corrected chi connectivity index (χ4v) is 4.51. The second-order valence-electron chi connectivity index (χ2n) is 8.57. The summed E-state index contributed by atoms with van der Waals surface area (Å²) >= 11 is 0. The van der Waals surface area contributed by atoms with E-state index in [1.165, 1.54) is 7.11 Å². The molecule has 1 aliphatic heterocycles. The number of benzene rings is 2. The molecule has 2 atom stereocenters. The van der Waals surface area contributed by atoms with Gasteiger partial charge in [-0.2, -0.15) is 0 Å². The molecule has 0 saturated carbocycles. The molecule has 0 amide bonds. The molecular weight excluding hydrogens is 378 g/mol. The van der Waals surface area contributed by atoms with Crippen LogP contribution in [0.15, 0.2) is 59.4 Å². The number of esters is 1. The van der Waals surface area contributed by atoms with Crippen LogP contribution in [0.3, 0.4) is 0 Å². The number of nitrogens with zero attached hydrogens (tertiary/aromatic N) is 3. The van der Waals surface area contributed by atoms with Gasteiger partial charge in [0, 0.05) is 6.42 Å². The topological polar surface area (TPSA) is 64.2 Å². The minimum absolute atomic E-state index is 0.175. The second-order valence-corrected chi connectivity index (χ2v) is 8.57. The van der Waals surface area contributed by atoms with Crippen molar-refractivity contribution in [2.45, 2.75) is 45.2 Å². The third-order valence-corrected chi connectivity index (χ3v) is 6.28. The Kier molecular flexibility index (Phi) is 4.68. The van der Waals surface area contributed by atoms with Crippen molar-refractivity contribution in [3.8, 4) is 0 Å². The van der Waals surface area contributed by atoms with Crippen molar-refractivity contribution >= 4 is 16.9 Å². The Morgan fingerprint density at radius 1 is 1.07 bits per heavy atom. The Morgan fingerprint density at radius 2 is 1.70 bits per heavy atom. The number of rotatable bonds is 5. The number of fused-ring (bicyclic) bond motifs is 1. The van der Waals surface area contributed by atoms with Crippen LogP contribution in [0.5, 0.6) is 0 Å². The van der Waals surface area contributed by atoms with E-state index >= 15 is 0 Å². The van der Waals surface area contributed by atoms with Crippen molar-refractivity contribution in [3.05, 3.63) is 76.3 Å². The fourth-order valence-electron chi connectivity index (χ4n) is 4.51. The summed E-state index contributed by atoms with van der Waals surface area (Å²) in [6, 6.07) is 17.1. The van der Waals surface area contributed by atoms with Gasteiger partial charge < -0.3 is 4.74 Å². The molecule has 1 fully saturated rings.